The van der Waals surface area contributed by atoms with E-state index in [1.807, 2.05) is 0 Å². The van der Waals surface area contributed by atoms with Gasteiger partial charge in [0.1, 0.15) is 11.4 Å². The number of hydrazone groups is 1. The summed E-state index contributed by atoms with van der Waals surface area (Å²) in [5.74, 6) is -0.374. The summed E-state index contributed by atoms with van der Waals surface area (Å²) in [4.78, 5) is 22.4. The highest BCUT2D eigenvalue weighted by Crippen LogP contribution is 2.22. The van der Waals surface area contributed by atoms with Crippen LogP contribution in [0, 0.1) is 10.1 Å². The van der Waals surface area contributed by atoms with E-state index in [0.29, 0.717) is 16.8 Å². The number of nitrogens with zero attached hydrogens (tertiary/aromatic N) is 3. The molecule has 26 heavy (non-hydrogen) atoms. The van der Waals surface area contributed by atoms with E-state index in [2.05, 4.69) is 20.7 Å². The maximum Gasteiger partial charge on any atom is 0.289 e. The van der Waals surface area contributed by atoms with Crippen LogP contribution in [-0.2, 0) is 0 Å². The number of H-pyrrole nitrogens is 1. The number of nitro benzene ring substituents is 1. The molecule has 3 aromatic rings. The molecule has 3 N–H and O–H groups in total. The Labute approximate surface area is 147 Å². The first-order valence-electron chi connectivity index (χ1n) is 7.45. The van der Waals surface area contributed by atoms with Gasteiger partial charge in [-0.05, 0) is 35.9 Å². The van der Waals surface area contributed by atoms with Crippen LogP contribution in [0.15, 0.2) is 59.7 Å². The molecule has 0 bridgehead atoms. The standard InChI is InChI=1S/C17H13N5O4/c23-14-6-4-11(5-7-14)10-18-21-17(24)16-9-15(19-20-16)12-2-1-3-13(8-12)22(25)26/h1-10,23H,(H,19,20)(H,21,24)/b18-10+. The molecule has 0 aliphatic rings. The molecule has 0 saturated carbocycles. The lowest BCUT2D eigenvalue weighted by molar-refractivity contribution is -0.384. The van der Waals surface area contributed by atoms with Crippen LogP contribution in [0.25, 0.3) is 11.3 Å². The Hall–Kier alpha value is -4.01. The zero-order valence-electron chi connectivity index (χ0n) is 13.3. The third-order valence-corrected chi connectivity index (χ3v) is 3.45. The summed E-state index contributed by atoms with van der Waals surface area (Å²) in [6.45, 7) is 0. The minimum Gasteiger partial charge on any atom is -0.508 e. The fourth-order valence-electron chi connectivity index (χ4n) is 2.15. The van der Waals surface area contributed by atoms with Crippen molar-refractivity contribution in [1.29, 1.82) is 0 Å². The normalized spacial score (nSPS) is 10.8. The molecule has 9 nitrogen and oxygen atoms in total. The maximum absolute atomic E-state index is 12.1. The number of phenolic OH excluding ortho intramolecular Hbond substituents is 1. The Kier molecular flexibility index (Phi) is 4.70. The summed E-state index contributed by atoms with van der Waals surface area (Å²) >= 11 is 0. The van der Waals surface area contributed by atoms with Gasteiger partial charge in [-0.15, -0.1) is 0 Å². The van der Waals surface area contributed by atoms with Crippen LogP contribution < -0.4 is 5.43 Å². The van der Waals surface area contributed by atoms with E-state index in [1.54, 1.807) is 24.3 Å². The van der Waals surface area contributed by atoms with Crippen LogP contribution in [0.5, 0.6) is 5.75 Å². The molecule has 0 saturated heterocycles. The Morgan fingerprint density at radius 3 is 2.73 bits per heavy atom. The number of rotatable bonds is 5. The van der Waals surface area contributed by atoms with E-state index in [0.717, 1.165) is 0 Å². The van der Waals surface area contributed by atoms with Crippen LogP contribution in [0.1, 0.15) is 16.1 Å². The van der Waals surface area contributed by atoms with Crippen molar-refractivity contribution >= 4 is 17.8 Å². The van der Waals surface area contributed by atoms with E-state index in [4.69, 9.17) is 0 Å². The van der Waals surface area contributed by atoms with Gasteiger partial charge in [-0.25, -0.2) is 5.43 Å². The van der Waals surface area contributed by atoms with E-state index >= 15 is 0 Å². The predicted octanol–water partition coefficient (Wildman–Crippen LogP) is 2.45. The van der Waals surface area contributed by atoms with Gasteiger partial charge in [0.25, 0.3) is 11.6 Å². The summed E-state index contributed by atoms with van der Waals surface area (Å²) in [6.07, 6.45) is 1.43. The van der Waals surface area contributed by atoms with Crippen molar-refractivity contribution in [1.82, 2.24) is 15.6 Å². The van der Waals surface area contributed by atoms with Crippen molar-refractivity contribution in [2.75, 3.05) is 0 Å². The zero-order chi connectivity index (χ0) is 18.5. The maximum atomic E-state index is 12.1. The number of carbonyl (C=O) groups is 1. The van der Waals surface area contributed by atoms with Gasteiger partial charge in [-0.1, -0.05) is 12.1 Å². The van der Waals surface area contributed by atoms with Crippen LogP contribution >= 0.6 is 0 Å². The van der Waals surface area contributed by atoms with Gasteiger partial charge in [0.15, 0.2) is 0 Å². The average molecular weight is 351 g/mol. The number of aromatic amines is 1. The second-order valence-corrected chi connectivity index (χ2v) is 5.26. The molecule has 0 aliphatic carbocycles. The van der Waals surface area contributed by atoms with Crippen LogP contribution in [0.3, 0.4) is 0 Å². The first-order chi connectivity index (χ1) is 12.5. The van der Waals surface area contributed by atoms with Gasteiger partial charge in [0.2, 0.25) is 0 Å². The molecule has 0 unspecified atom stereocenters. The highest BCUT2D eigenvalue weighted by molar-refractivity contribution is 5.94. The number of aromatic nitrogens is 2. The fourth-order valence-corrected chi connectivity index (χ4v) is 2.15. The molecule has 0 aliphatic heterocycles. The Bertz CT molecular complexity index is 979. The molecule has 2 aromatic carbocycles. The van der Waals surface area contributed by atoms with Crippen LogP contribution in [0.2, 0.25) is 0 Å². The molecule has 1 aromatic heterocycles. The van der Waals surface area contributed by atoms with Crippen LogP contribution in [0.4, 0.5) is 5.69 Å². The van der Waals surface area contributed by atoms with Crippen LogP contribution in [-0.4, -0.2) is 32.3 Å². The number of nitrogens with one attached hydrogen (secondary N) is 2. The SMILES string of the molecule is O=C(N/N=C/c1ccc(O)cc1)c1cc(-c2cccc([N+](=O)[O-])c2)n[nH]1. The number of carbonyl (C=O) groups excluding carboxylic acids is 1. The zero-order valence-corrected chi connectivity index (χ0v) is 13.3. The van der Waals surface area contributed by atoms with Crippen molar-refractivity contribution in [3.63, 3.8) is 0 Å². The Morgan fingerprint density at radius 1 is 1.23 bits per heavy atom. The molecule has 0 fully saturated rings. The molecule has 9 heteroatoms. The minimum absolute atomic E-state index is 0.0602. The highest BCUT2D eigenvalue weighted by Gasteiger charge is 2.13. The van der Waals surface area contributed by atoms with Gasteiger partial charge < -0.3 is 5.11 Å². The van der Waals surface area contributed by atoms with Crippen molar-refractivity contribution in [2.24, 2.45) is 5.10 Å². The fraction of sp³-hybridized carbons (Fsp3) is 0. The molecule has 1 amide bonds. The molecule has 130 valence electrons. The minimum atomic E-state index is -0.510. The lowest BCUT2D eigenvalue weighted by Crippen LogP contribution is -2.17. The van der Waals surface area contributed by atoms with Gasteiger partial charge in [-0.2, -0.15) is 10.2 Å². The first kappa shape index (κ1) is 16.8. The van der Waals surface area contributed by atoms with E-state index in [-0.39, 0.29) is 17.1 Å². The third-order valence-electron chi connectivity index (χ3n) is 3.45. The molecule has 0 spiro atoms. The summed E-state index contributed by atoms with van der Waals surface area (Å²) in [6, 6.07) is 13.7. The predicted molar refractivity (Wildman–Crippen MR) is 93.8 cm³/mol. The quantitative estimate of drug-likeness (QED) is 0.369. The van der Waals surface area contributed by atoms with Gasteiger partial charge in [0.05, 0.1) is 16.8 Å². The summed E-state index contributed by atoms with van der Waals surface area (Å²) in [5, 5.41) is 30.4. The Morgan fingerprint density at radius 2 is 2.00 bits per heavy atom. The van der Waals surface area contributed by atoms with Crippen molar-refractivity contribution < 1.29 is 14.8 Å². The number of hydrogen-bond donors (Lipinski definition) is 3. The number of benzene rings is 2. The van der Waals surface area contributed by atoms with E-state index in [9.17, 15) is 20.0 Å². The van der Waals surface area contributed by atoms with Gasteiger partial charge >= 0.3 is 0 Å². The summed E-state index contributed by atoms with van der Waals surface area (Å²) in [5.41, 5.74) is 4.07. The molecule has 1 heterocycles. The van der Waals surface area contributed by atoms with Gasteiger partial charge in [-0.3, -0.25) is 20.0 Å². The Balaban J connectivity index is 1.69. The summed E-state index contributed by atoms with van der Waals surface area (Å²) in [7, 11) is 0. The molecular weight excluding hydrogens is 338 g/mol. The number of amides is 1. The van der Waals surface area contributed by atoms with Crippen molar-refractivity contribution in [2.45, 2.75) is 0 Å². The monoisotopic (exact) mass is 351 g/mol. The third kappa shape index (κ3) is 3.90. The molecule has 0 radical (unpaired) electrons. The number of phenols is 1. The van der Waals surface area contributed by atoms with Gasteiger partial charge in [0, 0.05) is 17.7 Å². The second-order valence-electron chi connectivity index (χ2n) is 5.26. The molecule has 3 rings (SSSR count). The first-order valence-corrected chi connectivity index (χ1v) is 7.45. The largest absolute Gasteiger partial charge is 0.508 e. The average Bonchev–Trinajstić information content (AvgIpc) is 3.14. The molecule has 0 atom stereocenters. The lowest BCUT2D eigenvalue weighted by Gasteiger charge is -1.97. The number of hydrogen-bond acceptors (Lipinski definition) is 6. The number of nitro groups is 1. The smallest absolute Gasteiger partial charge is 0.289 e. The topological polar surface area (TPSA) is 134 Å². The molecular formula is C17H13N5O4. The summed E-state index contributed by atoms with van der Waals surface area (Å²) < 4.78 is 0. The lowest BCUT2D eigenvalue weighted by atomic mass is 10.1. The van der Waals surface area contributed by atoms with Crippen molar-refractivity contribution in [3.8, 4) is 17.0 Å². The number of aromatic hydroxyl groups is 1. The van der Waals surface area contributed by atoms with Crippen molar-refractivity contribution in [3.05, 3.63) is 76.0 Å². The second kappa shape index (κ2) is 7.26. The number of non-ortho nitro benzene ring substituents is 1. The highest BCUT2D eigenvalue weighted by atomic mass is 16.6. The van der Waals surface area contributed by atoms with E-state index < -0.39 is 10.8 Å². The van der Waals surface area contributed by atoms with E-state index in [1.165, 1.54) is 36.5 Å².